The number of ketones is 1. The van der Waals surface area contributed by atoms with E-state index in [1.807, 2.05) is 73.7 Å². The predicted molar refractivity (Wildman–Crippen MR) is 149 cm³/mol. The molecule has 4 aromatic rings. The van der Waals surface area contributed by atoms with Gasteiger partial charge in [-0.25, -0.2) is 4.98 Å². The van der Waals surface area contributed by atoms with Crippen molar-refractivity contribution in [3.8, 4) is 11.6 Å². The van der Waals surface area contributed by atoms with Gasteiger partial charge in [0.2, 0.25) is 5.88 Å². The van der Waals surface area contributed by atoms with Crippen molar-refractivity contribution in [1.82, 2.24) is 4.98 Å². The Morgan fingerprint density at radius 3 is 2.00 bits per heavy atom. The Labute approximate surface area is 234 Å². The molecule has 4 rings (SSSR count). The molecule has 0 fully saturated rings. The van der Waals surface area contributed by atoms with Gasteiger partial charge < -0.3 is 9.84 Å². The maximum Gasteiger partial charge on any atom is 0.217 e. The largest absolute Gasteiger partial charge is 0.512 e. The van der Waals surface area contributed by atoms with Gasteiger partial charge in [0.25, 0.3) is 0 Å². The van der Waals surface area contributed by atoms with Crippen LogP contribution in [0.1, 0.15) is 52.7 Å². The van der Waals surface area contributed by atoms with Crippen molar-refractivity contribution < 1.29 is 34.7 Å². The van der Waals surface area contributed by atoms with Crippen molar-refractivity contribution in [2.75, 3.05) is 0 Å². The molecule has 37 heavy (non-hydrogen) atoms. The number of aliphatic hydroxyl groups is 1. The number of fused-ring (bicyclic) bond motifs is 2. The summed E-state index contributed by atoms with van der Waals surface area (Å²) in [6.07, 6.45) is 3.19. The van der Waals surface area contributed by atoms with Gasteiger partial charge in [-0.1, -0.05) is 79.7 Å². The maximum absolute atomic E-state index is 11.5. The van der Waals surface area contributed by atoms with Crippen LogP contribution < -0.4 is 4.74 Å². The van der Waals surface area contributed by atoms with Crippen molar-refractivity contribution in [2.45, 2.75) is 55.4 Å². The number of aliphatic hydroxyl groups excluding tert-OH is 1. The zero-order valence-electron chi connectivity index (χ0n) is 22.9. The van der Waals surface area contributed by atoms with Crippen molar-refractivity contribution >= 4 is 27.3 Å². The Bertz CT molecular complexity index is 1410. The third kappa shape index (κ3) is 8.52. The van der Waals surface area contributed by atoms with Crippen LogP contribution in [0.2, 0.25) is 0 Å². The van der Waals surface area contributed by atoms with E-state index in [4.69, 9.17) is 4.74 Å². The number of benzene rings is 3. The van der Waals surface area contributed by atoms with Crippen LogP contribution in [0.5, 0.6) is 11.6 Å². The van der Waals surface area contributed by atoms with Crippen LogP contribution in [-0.4, -0.2) is 15.9 Å². The van der Waals surface area contributed by atoms with Crippen LogP contribution in [0.3, 0.4) is 0 Å². The minimum atomic E-state index is -0.417. The van der Waals surface area contributed by atoms with E-state index in [-0.39, 0.29) is 37.1 Å². The molecule has 0 saturated heterocycles. The van der Waals surface area contributed by atoms with E-state index in [0.717, 1.165) is 21.9 Å². The monoisotopic (exact) mass is 675 g/mol. The molecule has 197 valence electrons. The molecule has 5 heteroatoms. The molecule has 0 aliphatic carbocycles. The molecule has 0 amide bonds. The number of pyridine rings is 1. The molecule has 1 heterocycles. The summed E-state index contributed by atoms with van der Waals surface area (Å²) < 4.78 is 5.89. The first-order valence-corrected chi connectivity index (χ1v) is 12.1. The molecule has 0 unspecified atom stereocenters. The fourth-order valence-corrected chi connectivity index (χ4v) is 3.45. The quantitative estimate of drug-likeness (QED) is 0.102. The van der Waals surface area contributed by atoms with E-state index in [1.165, 1.54) is 16.8 Å². The molecule has 1 radical (unpaired) electrons. The number of carbonyl (C=O) groups is 1. The Morgan fingerprint density at radius 1 is 0.865 bits per heavy atom. The smallest absolute Gasteiger partial charge is 0.217 e. The van der Waals surface area contributed by atoms with Gasteiger partial charge in [-0.2, -0.15) is 17.2 Å². The molecule has 0 atom stereocenters. The molecular weight excluding hydrogens is 639 g/mol. The maximum atomic E-state index is 11.5. The molecule has 0 spiro atoms. The van der Waals surface area contributed by atoms with Crippen LogP contribution in [0.15, 0.2) is 72.6 Å². The van der Waals surface area contributed by atoms with Crippen molar-refractivity contribution in [3.05, 3.63) is 89.8 Å². The SMILES string of the molecule is CC(C)(C)C(=O)/C=C(\O)C(C)(C)C.Cc1[c-]c(Oc2cc3cc4ccccc4cc3cn2)cc(C)c1.[Ir]. The van der Waals surface area contributed by atoms with Gasteiger partial charge in [-0.05, 0) is 28.3 Å². The zero-order chi connectivity index (χ0) is 26.7. The van der Waals surface area contributed by atoms with Gasteiger partial charge >= 0.3 is 0 Å². The number of carbonyl (C=O) groups excluding carboxylic acids is 1. The second-order valence-corrected chi connectivity index (χ2v) is 11.3. The number of aromatic nitrogens is 1. The third-order valence-electron chi connectivity index (χ3n) is 5.67. The summed E-state index contributed by atoms with van der Waals surface area (Å²) in [5, 5.41) is 14.2. The summed E-state index contributed by atoms with van der Waals surface area (Å²) in [4.78, 5) is 15.9. The summed E-state index contributed by atoms with van der Waals surface area (Å²) in [5.74, 6) is 1.40. The van der Waals surface area contributed by atoms with Crippen LogP contribution in [0, 0.1) is 30.7 Å². The van der Waals surface area contributed by atoms with Crippen molar-refractivity contribution in [1.29, 1.82) is 0 Å². The predicted octanol–water partition coefficient (Wildman–Crippen LogP) is 8.68. The first-order valence-electron chi connectivity index (χ1n) is 12.1. The molecular formula is C32H36IrNO3-. The summed E-state index contributed by atoms with van der Waals surface area (Å²) in [7, 11) is 0. The van der Waals surface area contributed by atoms with E-state index < -0.39 is 5.41 Å². The van der Waals surface area contributed by atoms with Crippen LogP contribution in [-0.2, 0) is 24.9 Å². The second-order valence-electron chi connectivity index (χ2n) is 11.3. The van der Waals surface area contributed by atoms with E-state index in [9.17, 15) is 9.90 Å². The number of ether oxygens (including phenoxy) is 1. The standard InChI is InChI=1S/C21H16NO.C11H20O2.Ir/c1-14-7-15(2)9-20(8-14)23-21-12-18-10-16-5-3-4-6-17(16)11-19(18)13-22-21;1-10(2,3)8(12)7-9(13)11(4,5)6;/h3-8,10-13H,1-2H3;7,12H,1-6H3;/q-1;;/b;8-7-;. The molecule has 0 bridgehead atoms. The summed E-state index contributed by atoms with van der Waals surface area (Å²) in [6.45, 7) is 15.2. The number of hydrogen-bond donors (Lipinski definition) is 1. The fraction of sp³-hybridized carbons (Fsp3) is 0.312. The van der Waals surface area contributed by atoms with Crippen LogP contribution in [0.25, 0.3) is 21.5 Å². The van der Waals surface area contributed by atoms with E-state index in [1.54, 1.807) is 0 Å². The minimum Gasteiger partial charge on any atom is -0.512 e. The number of allylic oxidation sites excluding steroid dienone is 2. The summed E-state index contributed by atoms with van der Waals surface area (Å²) in [6, 6.07) is 21.9. The van der Waals surface area contributed by atoms with Crippen LogP contribution in [0.4, 0.5) is 0 Å². The fourth-order valence-electron chi connectivity index (χ4n) is 3.45. The molecule has 3 aromatic carbocycles. The number of aryl methyl sites for hydroxylation is 2. The number of hydrogen-bond acceptors (Lipinski definition) is 4. The Morgan fingerprint density at radius 2 is 1.46 bits per heavy atom. The first-order chi connectivity index (χ1) is 16.7. The number of rotatable bonds is 3. The van der Waals surface area contributed by atoms with Gasteiger partial charge in [0.1, 0.15) is 5.76 Å². The molecule has 0 aliphatic heterocycles. The van der Waals surface area contributed by atoms with E-state index in [0.29, 0.717) is 11.6 Å². The molecule has 0 aliphatic rings. The Kier molecular flexibility index (Phi) is 9.82. The van der Waals surface area contributed by atoms with Gasteiger partial charge in [0.05, 0.1) is 0 Å². The molecule has 1 N–H and O–H groups in total. The third-order valence-corrected chi connectivity index (χ3v) is 5.67. The average Bonchev–Trinajstić information content (AvgIpc) is 2.76. The average molecular weight is 675 g/mol. The van der Waals surface area contributed by atoms with Gasteiger partial charge in [-0.15, -0.1) is 12.1 Å². The summed E-state index contributed by atoms with van der Waals surface area (Å²) >= 11 is 0. The second kappa shape index (κ2) is 12.0. The van der Waals surface area contributed by atoms with E-state index in [2.05, 4.69) is 53.5 Å². The first kappa shape index (κ1) is 30.2. The molecule has 0 saturated carbocycles. The van der Waals surface area contributed by atoms with Gasteiger partial charge in [0.15, 0.2) is 5.78 Å². The number of nitrogens with zero attached hydrogens (tertiary/aromatic N) is 1. The molecule has 4 nitrogen and oxygen atoms in total. The Balaban J connectivity index is 0.000000299. The molecule has 1 aromatic heterocycles. The van der Waals surface area contributed by atoms with Crippen LogP contribution >= 0.6 is 0 Å². The van der Waals surface area contributed by atoms with E-state index >= 15 is 0 Å². The van der Waals surface area contributed by atoms with Gasteiger partial charge in [0, 0.05) is 60.4 Å². The minimum absolute atomic E-state index is 0. The zero-order valence-corrected chi connectivity index (χ0v) is 25.3. The summed E-state index contributed by atoms with van der Waals surface area (Å²) in [5.41, 5.74) is 1.45. The normalized spacial score (nSPS) is 11.9. The van der Waals surface area contributed by atoms with Crippen molar-refractivity contribution in [2.24, 2.45) is 10.8 Å². The topological polar surface area (TPSA) is 59.4 Å². The Hall–Kier alpha value is -3.01. The van der Waals surface area contributed by atoms with Gasteiger partial charge in [-0.3, -0.25) is 4.79 Å². The van der Waals surface area contributed by atoms with Crippen molar-refractivity contribution in [3.63, 3.8) is 0 Å².